The maximum absolute atomic E-state index is 11.4. The van der Waals surface area contributed by atoms with Crippen LogP contribution in [0.1, 0.15) is 77.6 Å². The molecule has 0 unspecified atom stereocenters. The highest BCUT2D eigenvalue weighted by atomic mass is 16.2. The fraction of sp³-hybridized carbons (Fsp3) is 0.938. The van der Waals surface area contributed by atoms with E-state index in [2.05, 4.69) is 17.6 Å². The molecule has 0 atom stereocenters. The number of hydrogen-bond acceptors (Lipinski definition) is 3. The quantitative estimate of drug-likeness (QED) is 0.320. The molecular weight excluding hydrogens is 252 g/mol. The Bertz CT molecular complexity index is 211. The second-order valence-electron chi connectivity index (χ2n) is 5.43. The van der Waals surface area contributed by atoms with E-state index in [0.717, 1.165) is 38.6 Å². The van der Waals surface area contributed by atoms with Gasteiger partial charge in [0.05, 0.1) is 6.67 Å². The first-order chi connectivity index (χ1) is 9.81. The third-order valence-corrected chi connectivity index (χ3v) is 3.43. The number of nitrogens with one attached hydrogen (secondary N) is 2. The summed E-state index contributed by atoms with van der Waals surface area (Å²) in [5, 5.41) is 14.8. The van der Waals surface area contributed by atoms with E-state index in [4.69, 9.17) is 5.11 Å². The lowest BCUT2D eigenvalue weighted by atomic mass is 10.1. The molecule has 0 rings (SSSR count). The average Bonchev–Trinajstić information content (AvgIpc) is 2.45. The lowest BCUT2D eigenvalue weighted by Crippen LogP contribution is -2.34. The van der Waals surface area contributed by atoms with Crippen LogP contribution in [0.15, 0.2) is 0 Å². The second kappa shape index (κ2) is 16.4. The predicted molar refractivity (Wildman–Crippen MR) is 84.6 cm³/mol. The van der Waals surface area contributed by atoms with Gasteiger partial charge in [-0.15, -0.1) is 0 Å². The molecule has 0 aromatic carbocycles. The van der Waals surface area contributed by atoms with Gasteiger partial charge in [0.15, 0.2) is 0 Å². The third kappa shape index (κ3) is 15.4. The molecular formula is C16H34N2O2. The minimum Gasteiger partial charge on any atom is -0.396 e. The first-order valence-electron chi connectivity index (χ1n) is 8.39. The lowest BCUT2D eigenvalue weighted by molar-refractivity contribution is -0.121. The van der Waals surface area contributed by atoms with Gasteiger partial charge >= 0.3 is 0 Å². The molecule has 0 saturated carbocycles. The Balaban J connectivity index is 3.07. The summed E-state index contributed by atoms with van der Waals surface area (Å²) in [5.41, 5.74) is 0. The molecule has 0 aromatic heterocycles. The Morgan fingerprint density at radius 2 is 1.55 bits per heavy atom. The lowest BCUT2D eigenvalue weighted by Gasteiger charge is -2.07. The predicted octanol–water partition coefficient (Wildman–Crippen LogP) is 2.95. The molecule has 4 heteroatoms. The van der Waals surface area contributed by atoms with Crippen LogP contribution in [0.4, 0.5) is 0 Å². The van der Waals surface area contributed by atoms with Crippen molar-refractivity contribution in [3.05, 3.63) is 0 Å². The summed E-state index contributed by atoms with van der Waals surface area (Å²) in [5.74, 6) is 0.162. The van der Waals surface area contributed by atoms with Crippen molar-refractivity contribution >= 4 is 5.91 Å². The van der Waals surface area contributed by atoms with E-state index in [1.54, 1.807) is 0 Å². The van der Waals surface area contributed by atoms with Crippen LogP contribution in [0.25, 0.3) is 0 Å². The summed E-state index contributed by atoms with van der Waals surface area (Å²) < 4.78 is 0. The van der Waals surface area contributed by atoms with E-state index in [1.165, 1.54) is 32.1 Å². The van der Waals surface area contributed by atoms with Crippen molar-refractivity contribution in [1.82, 2.24) is 10.6 Å². The SMILES string of the molecule is CCCCCC(=O)NCNCCCCCCCCCO. The van der Waals surface area contributed by atoms with Crippen LogP contribution < -0.4 is 10.6 Å². The number of aliphatic hydroxyl groups is 1. The molecule has 0 aromatic rings. The van der Waals surface area contributed by atoms with Crippen molar-refractivity contribution in [3.63, 3.8) is 0 Å². The van der Waals surface area contributed by atoms with Crippen molar-refractivity contribution in [2.75, 3.05) is 19.8 Å². The van der Waals surface area contributed by atoms with Crippen molar-refractivity contribution < 1.29 is 9.90 Å². The van der Waals surface area contributed by atoms with Crippen molar-refractivity contribution in [2.45, 2.75) is 77.6 Å². The Labute approximate surface area is 124 Å². The Kier molecular flexibility index (Phi) is 15.9. The van der Waals surface area contributed by atoms with E-state index >= 15 is 0 Å². The molecule has 0 bridgehead atoms. The number of aliphatic hydroxyl groups excluding tert-OH is 1. The summed E-state index contributed by atoms with van der Waals surface area (Å²) in [6, 6.07) is 0. The first kappa shape index (κ1) is 19.4. The molecule has 0 spiro atoms. The standard InChI is InChI=1S/C16H34N2O2/c1-2-3-9-12-16(20)18-15-17-13-10-7-5-4-6-8-11-14-19/h17,19H,2-15H2,1H3,(H,18,20). The molecule has 3 N–H and O–H groups in total. The minimum atomic E-state index is 0.162. The summed E-state index contributed by atoms with van der Waals surface area (Å²) in [7, 11) is 0. The van der Waals surface area contributed by atoms with Gasteiger partial charge in [0, 0.05) is 13.0 Å². The third-order valence-electron chi connectivity index (χ3n) is 3.43. The molecule has 0 saturated heterocycles. The van der Waals surface area contributed by atoms with Crippen molar-refractivity contribution in [3.8, 4) is 0 Å². The van der Waals surface area contributed by atoms with Gasteiger partial charge in [-0.1, -0.05) is 51.9 Å². The Morgan fingerprint density at radius 3 is 2.20 bits per heavy atom. The van der Waals surface area contributed by atoms with Crippen LogP contribution >= 0.6 is 0 Å². The monoisotopic (exact) mass is 286 g/mol. The van der Waals surface area contributed by atoms with E-state index in [-0.39, 0.29) is 5.91 Å². The average molecular weight is 286 g/mol. The zero-order chi connectivity index (χ0) is 14.9. The molecule has 1 amide bonds. The zero-order valence-electron chi connectivity index (χ0n) is 13.3. The molecule has 0 fully saturated rings. The number of hydrogen-bond donors (Lipinski definition) is 3. The molecule has 20 heavy (non-hydrogen) atoms. The summed E-state index contributed by atoms with van der Waals surface area (Å²) in [4.78, 5) is 11.4. The summed E-state index contributed by atoms with van der Waals surface area (Å²) in [6.07, 6.45) is 12.2. The zero-order valence-corrected chi connectivity index (χ0v) is 13.3. The van der Waals surface area contributed by atoms with Gasteiger partial charge < -0.3 is 10.4 Å². The van der Waals surface area contributed by atoms with Gasteiger partial charge in [0.1, 0.15) is 0 Å². The minimum absolute atomic E-state index is 0.162. The number of carbonyl (C=O) groups excluding carboxylic acids is 1. The molecule has 0 radical (unpaired) electrons. The second-order valence-corrected chi connectivity index (χ2v) is 5.43. The molecule has 0 aliphatic heterocycles. The normalized spacial score (nSPS) is 10.7. The van der Waals surface area contributed by atoms with Crippen LogP contribution in [-0.2, 0) is 4.79 Å². The van der Waals surface area contributed by atoms with Crippen LogP contribution in [0, 0.1) is 0 Å². The van der Waals surface area contributed by atoms with Gasteiger partial charge in [0.25, 0.3) is 0 Å². The highest BCUT2D eigenvalue weighted by molar-refractivity contribution is 5.75. The number of amides is 1. The fourth-order valence-corrected chi connectivity index (χ4v) is 2.12. The fourth-order valence-electron chi connectivity index (χ4n) is 2.12. The molecule has 4 nitrogen and oxygen atoms in total. The summed E-state index contributed by atoms with van der Waals surface area (Å²) >= 11 is 0. The highest BCUT2D eigenvalue weighted by Gasteiger charge is 1.98. The number of carbonyl (C=O) groups is 1. The van der Waals surface area contributed by atoms with Crippen molar-refractivity contribution in [1.29, 1.82) is 0 Å². The maximum atomic E-state index is 11.4. The molecule has 0 heterocycles. The molecule has 120 valence electrons. The smallest absolute Gasteiger partial charge is 0.220 e. The van der Waals surface area contributed by atoms with Crippen LogP contribution in [0.3, 0.4) is 0 Å². The van der Waals surface area contributed by atoms with Crippen molar-refractivity contribution in [2.24, 2.45) is 0 Å². The first-order valence-corrected chi connectivity index (χ1v) is 8.39. The molecule has 0 aliphatic rings. The summed E-state index contributed by atoms with van der Waals surface area (Å²) in [6.45, 7) is 4.05. The van der Waals surface area contributed by atoms with Crippen LogP contribution in [-0.4, -0.2) is 30.8 Å². The van der Waals surface area contributed by atoms with E-state index in [0.29, 0.717) is 19.7 Å². The van der Waals surface area contributed by atoms with E-state index in [1.807, 2.05) is 0 Å². The largest absolute Gasteiger partial charge is 0.396 e. The highest BCUT2D eigenvalue weighted by Crippen LogP contribution is 2.06. The van der Waals surface area contributed by atoms with Crippen LogP contribution in [0.2, 0.25) is 0 Å². The number of rotatable bonds is 15. The van der Waals surface area contributed by atoms with Crippen LogP contribution in [0.5, 0.6) is 0 Å². The number of unbranched alkanes of at least 4 members (excludes halogenated alkanes) is 8. The van der Waals surface area contributed by atoms with Gasteiger partial charge in [-0.05, 0) is 25.8 Å². The Morgan fingerprint density at radius 1 is 0.900 bits per heavy atom. The van der Waals surface area contributed by atoms with Gasteiger partial charge in [0.2, 0.25) is 5.91 Å². The van der Waals surface area contributed by atoms with Gasteiger partial charge in [-0.2, -0.15) is 0 Å². The van der Waals surface area contributed by atoms with Gasteiger partial charge in [-0.25, -0.2) is 0 Å². The maximum Gasteiger partial charge on any atom is 0.220 e. The van der Waals surface area contributed by atoms with E-state index < -0.39 is 0 Å². The van der Waals surface area contributed by atoms with E-state index in [9.17, 15) is 4.79 Å². The topological polar surface area (TPSA) is 61.4 Å². The van der Waals surface area contributed by atoms with Gasteiger partial charge in [-0.3, -0.25) is 10.1 Å². The molecule has 0 aliphatic carbocycles. The Hall–Kier alpha value is -0.610.